The SMILES string of the molecule is COc1ccc(OC)c2c1CN(CC(=O)Nc1cc(C(C)C)no1)C[C@@H]2O. The number of aliphatic hydroxyl groups excluding tert-OH is 1. The van der Waals surface area contributed by atoms with Crippen molar-refractivity contribution in [2.45, 2.75) is 32.4 Å². The smallest absolute Gasteiger partial charge is 0.240 e. The Bertz CT molecular complexity index is 818. The van der Waals surface area contributed by atoms with Crippen LogP contribution in [0.4, 0.5) is 5.88 Å². The van der Waals surface area contributed by atoms with Gasteiger partial charge < -0.3 is 19.1 Å². The van der Waals surface area contributed by atoms with Gasteiger partial charge >= 0.3 is 0 Å². The van der Waals surface area contributed by atoms with Crippen molar-refractivity contribution < 1.29 is 23.9 Å². The number of benzene rings is 1. The third-order valence-corrected chi connectivity index (χ3v) is 4.61. The fraction of sp³-hybridized carbons (Fsp3) is 0.474. The van der Waals surface area contributed by atoms with Crippen LogP contribution < -0.4 is 14.8 Å². The van der Waals surface area contributed by atoms with Crippen LogP contribution >= 0.6 is 0 Å². The van der Waals surface area contributed by atoms with Crippen LogP contribution in [0, 0.1) is 0 Å². The summed E-state index contributed by atoms with van der Waals surface area (Å²) >= 11 is 0. The first-order valence-corrected chi connectivity index (χ1v) is 8.83. The Morgan fingerprint density at radius 3 is 2.70 bits per heavy atom. The topological polar surface area (TPSA) is 97.1 Å². The van der Waals surface area contributed by atoms with Crippen LogP contribution in [0.3, 0.4) is 0 Å². The number of carbonyl (C=O) groups excluding carboxylic acids is 1. The van der Waals surface area contributed by atoms with Gasteiger partial charge in [-0.15, -0.1) is 0 Å². The van der Waals surface area contributed by atoms with Gasteiger partial charge in [0.15, 0.2) is 0 Å². The second kappa shape index (κ2) is 7.98. The quantitative estimate of drug-likeness (QED) is 0.799. The predicted molar refractivity (Wildman–Crippen MR) is 99.0 cm³/mol. The Morgan fingerprint density at radius 2 is 2.07 bits per heavy atom. The Balaban J connectivity index is 1.71. The lowest BCUT2D eigenvalue weighted by atomic mass is 9.95. The van der Waals surface area contributed by atoms with Gasteiger partial charge in [0, 0.05) is 30.3 Å². The highest BCUT2D eigenvalue weighted by atomic mass is 16.5. The van der Waals surface area contributed by atoms with Gasteiger partial charge in [0.25, 0.3) is 0 Å². The lowest BCUT2D eigenvalue weighted by molar-refractivity contribution is -0.118. The molecule has 2 heterocycles. The summed E-state index contributed by atoms with van der Waals surface area (Å²) in [5, 5.41) is 17.2. The summed E-state index contributed by atoms with van der Waals surface area (Å²) in [4.78, 5) is 14.2. The average molecular weight is 375 g/mol. The van der Waals surface area contributed by atoms with E-state index < -0.39 is 6.10 Å². The number of ether oxygens (including phenoxy) is 2. The lowest BCUT2D eigenvalue weighted by Gasteiger charge is -2.33. The molecule has 0 radical (unpaired) electrons. The molecule has 0 spiro atoms. The minimum Gasteiger partial charge on any atom is -0.496 e. The number of methoxy groups -OCH3 is 2. The lowest BCUT2D eigenvalue weighted by Crippen LogP contribution is -2.39. The summed E-state index contributed by atoms with van der Waals surface area (Å²) < 4.78 is 15.9. The van der Waals surface area contributed by atoms with Gasteiger partial charge in [-0.3, -0.25) is 15.0 Å². The van der Waals surface area contributed by atoms with Gasteiger partial charge in [-0.1, -0.05) is 19.0 Å². The number of nitrogens with zero attached hydrogens (tertiary/aromatic N) is 2. The molecule has 0 aliphatic carbocycles. The third-order valence-electron chi connectivity index (χ3n) is 4.61. The van der Waals surface area contributed by atoms with Crippen molar-refractivity contribution in [3.8, 4) is 11.5 Å². The number of rotatable bonds is 6. The molecule has 8 heteroatoms. The molecule has 0 bridgehead atoms. The van der Waals surface area contributed by atoms with E-state index in [0.717, 1.165) is 11.3 Å². The first-order chi connectivity index (χ1) is 12.9. The molecule has 146 valence electrons. The van der Waals surface area contributed by atoms with Gasteiger partial charge in [0.2, 0.25) is 11.8 Å². The number of aliphatic hydroxyl groups is 1. The zero-order chi connectivity index (χ0) is 19.6. The highest BCUT2D eigenvalue weighted by molar-refractivity contribution is 5.91. The molecule has 1 aromatic carbocycles. The first kappa shape index (κ1) is 19.2. The van der Waals surface area contributed by atoms with Crippen molar-refractivity contribution in [3.63, 3.8) is 0 Å². The summed E-state index contributed by atoms with van der Waals surface area (Å²) in [6.45, 7) is 4.88. The van der Waals surface area contributed by atoms with E-state index in [2.05, 4.69) is 10.5 Å². The van der Waals surface area contributed by atoms with Crippen LogP contribution in [-0.4, -0.2) is 48.4 Å². The second-order valence-electron chi connectivity index (χ2n) is 6.87. The maximum absolute atomic E-state index is 12.4. The second-order valence-corrected chi connectivity index (χ2v) is 6.87. The Kier molecular flexibility index (Phi) is 5.67. The number of carbonyl (C=O) groups is 1. The first-order valence-electron chi connectivity index (χ1n) is 8.83. The Hall–Kier alpha value is -2.58. The van der Waals surface area contributed by atoms with Gasteiger partial charge in [0.05, 0.1) is 32.6 Å². The number of nitrogens with one attached hydrogen (secondary N) is 1. The van der Waals surface area contributed by atoms with E-state index in [1.807, 2.05) is 18.7 Å². The number of aromatic nitrogens is 1. The monoisotopic (exact) mass is 375 g/mol. The molecule has 27 heavy (non-hydrogen) atoms. The molecule has 0 saturated heterocycles. The highest BCUT2D eigenvalue weighted by Gasteiger charge is 2.30. The molecule has 1 aliphatic heterocycles. The third kappa shape index (κ3) is 4.06. The average Bonchev–Trinajstić information content (AvgIpc) is 3.09. The van der Waals surface area contributed by atoms with Crippen molar-refractivity contribution in [3.05, 3.63) is 35.0 Å². The van der Waals surface area contributed by atoms with Crippen LogP contribution in [0.25, 0.3) is 0 Å². The van der Waals surface area contributed by atoms with Crippen LogP contribution in [0.5, 0.6) is 11.5 Å². The molecule has 3 rings (SSSR count). The maximum Gasteiger partial charge on any atom is 0.240 e. The summed E-state index contributed by atoms with van der Waals surface area (Å²) in [6, 6.07) is 5.30. The fourth-order valence-electron chi connectivity index (χ4n) is 3.27. The Morgan fingerprint density at radius 1 is 1.37 bits per heavy atom. The zero-order valence-corrected chi connectivity index (χ0v) is 16.0. The minimum absolute atomic E-state index is 0.106. The number of hydrogen-bond donors (Lipinski definition) is 2. The number of anilines is 1. The molecule has 2 N–H and O–H groups in total. The number of fused-ring (bicyclic) bond motifs is 1. The molecule has 0 saturated carbocycles. The summed E-state index contributed by atoms with van der Waals surface area (Å²) in [7, 11) is 3.15. The maximum atomic E-state index is 12.4. The van der Waals surface area contributed by atoms with Gasteiger partial charge in [0.1, 0.15) is 11.5 Å². The van der Waals surface area contributed by atoms with Gasteiger partial charge in [-0.2, -0.15) is 0 Å². The van der Waals surface area contributed by atoms with E-state index in [1.54, 1.807) is 32.4 Å². The molecule has 1 amide bonds. The molecule has 1 aliphatic rings. The van der Waals surface area contributed by atoms with E-state index >= 15 is 0 Å². The summed E-state index contributed by atoms with van der Waals surface area (Å²) in [6.07, 6.45) is -0.774. The van der Waals surface area contributed by atoms with Crippen molar-refractivity contribution in [1.29, 1.82) is 0 Å². The van der Waals surface area contributed by atoms with Crippen molar-refractivity contribution in [2.75, 3.05) is 32.6 Å². The summed E-state index contributed by atoms with van der Waals surface area (Å²) in [5.74, 6) is 1.58. The normalized spacial score (nSPS) is 16.9. The van der Waals surface area contributed by atoms with Crippen molar-refractivity contribution >= 4 is 11.8 Å². The molecule has 1 atom stereocenters. The molecule has 0 fully saturated rings. The zero-order valence-electron chi connectivity index (χ0n) is 16.0. The van der Waals surface area contributed by atoms with E-state index in [4.69, 9.17) is 14.0 Å². The molecular weight excluding hydrogens is 350 g/mol. The van der Waals surface area contributed by atoms with E-state index in [-0.39, 0.29) is 18.4 Å². The molecule has 2 aromatic rings. The largest absolute Gasteiger partial charge is 0.496 e. The van der Waals surface area contributed by atoms with Crippen molar-refractivity contribution in [2.24, 2.45) is 0 Å². The predicted octanol–water partition coefficient (Wildman–Crippen LogP) is 2.30. The molecule has 0 unspecified atom stereocenters. The number of β-amino-alcohol motifs (C(OH)–C–C–N with tert-alkyl or cyclic N) is 1. The Labute approximate surface area is 158 Å². The van der Waals surface area contributed by atoms with E-state index in [0.29, 0.717) is 36.0 Å². The van der Waals surface area contributed by atoms with E-state index in [9.17, 15) is 9.90 Å². The molecular formula is C19H25N3O5. The summed E-state index contributed by atoms with van der Waals surface area (Å²) in [5.41, 5.74) is 2.32. The van der Waals surface area contributed by atoms with Gasteiger partial charge in [-0.05, 0) is 18.1 Å². The number of amides is 1. The van der Waals surface area contributed by atoms with Crippen LogP contribution in [0.2, 0.25) is 0 Å². The molecule has 1 aromatic heterocycles. The van der Waals surface area contributed by atoms with Gasteiger partial charge in [-0.25, -0.2) is 0 Å². The van der Waals surface area contributed by atoms with Crippen LogP contribution in [0.15, 0.2) is 22.7 Å². The fourth-order valence-corrected chi connectivity index (χ4v) is 3.27. The molecule has 8 nitrogen and oxygen atoms in total. The van der Waals surface area contributed by atoms with Crippen LogP contribution in [-0.2, 0) is 11.3 Å². The number of hydrogen-bond acceptors (Lipinski definition) is 7. The highest BCUT2D eigenvalue weighted by Crippen LogP contribution is 2.39. The van der Waals surface area contributed by atoms with Crippen molar-refractivity contribution in [1.82, 2.24) is 10.1 Å². The minimum atomic E-state index is -0.774. The standard InChI is InChI=1S/C19H25N3O5/c1-11(2)13-7-18(27-21-13)20-17(24)10-22-8-12-15(25-3)5-6-16(26-4)19(12)14(23)9-22/h5-7,11,14,23H,8-10H2,1-4H3,(H,20,24)/t14-/m0/s1. The van der Waals surface area contributed by atoms with E-state index in [1.165, 1.54) is 0 Å². The van der Waals surface area contributed by atoms with Crippen LogP contribution in [0.1, 0.15) is 42.7 Å².